The highest BCUT2D eigenvalue weighted by atomic mass is 16.6. The van der Waals surface area contributed by atoms with Gasteiger partial charge in [0.2, 0.25) is 0 Å². The maximum Gasteiger partial charge on any atom is 0.322 e. The van der Waals surface area contributed by atoms with Gasteiger partial charge in [0.1, 0.15) is 5.60 Å². The van der Waals surface area contributed by atoms with Crippen LogP contribution in [0.2, 0.25) is 0 Å². The number of ether oxygens (including phenoxy) is 1. The lowest BCUT2D eigenvalue weighted by Gasteiger charge is -2.25. The zero-order valence-electron chi connectivity index (χ0n) is 12.7. The minimum atomic E-state index is -1.40. The van der Waals surface area contributed by atoms with E-state index in [-0.39, 0.29) is 18.5 Å². The molecule has 1 aromatic rings. The number of carbonyl (C=O) groups excluding carboxylic acids is 3. The van der Waals surface area contributed by atoms with Crippen LogP contribution in [0.25, 0.3) is 0 Å². The van der Waals surface area contributed by atoms with Gasteiger partial charge >= 0.3 is 12.0 Å². The first-order valence-electron chi connectivity index (χ1n) is 6.85. The standard InChI is InChI=1S/C14H18N4O4/c1-13(2,3)22-10(19)4-5-14(9-8-15-6-7-16-9)11(20)17-12(21)18-14/h6-8H,4-5H2,1-3H3,(H2,17,18,20,21). The maximum atomic E-state index is 12.2. The minimum Gasteiger partial charge on any atom is -0.460 e. The summed E-state index contributed by atoms with van der Waals surface area (Å²) in [7, 11) is 0. The molecule has 0 aromatic carbocycles. The Morgan fingerprint density at radius 3 is 2.55 bits per heavy atom. The number of rotatable bonds is 4. The molecule has 8 nitrogen and oxygen atoms in total. The number of urea groups is 1. The van der Waals surface area contributed by atoms with Crippen molar-refractivity contribution in [3.63, 3.8) is 0 Å². The molecule has 1 unspecified atom stereocenters. The van der Waals surface area contributed by atoms with E-state index < -0.39 is 29.0 Å². The zero-order chi connectivity index (χ0) is 16.4. The Labute approximate surface area is 127 Å². The summed E-state index contributed by atoms with van der Waals surface area (Å²) in [5.41, 5.74) is -1.73. The molecule has 22 heavy (non-hydrogen) atoms. The zero-order valence-corrected chi connectivity index (χ0v) is 12.7. The first-order chi connectivity index (χ1) is 10.2. The van der Waals surface area contributed by atoms with E-state index in [0.717, 1.165) is 0 Å². The Bertz CT molecular complexity index is 597. The van der Waals surface area contributed by atoms with Crippen molar-refractivity contribution in [1.29, 1.82) is 0 Å². The van der Waals surface area contributed by atoms with E-state index in [1.165, 1.54) is 18.6 Å². The third kappa shape index (κ3) is 3.38. The van der Waals surface area contributed by atoms with Crippen molar-refractivity contribution >= 4 is 17.9 Å². The van der Waals surface area contributed by atoms with Crippen LogP contribution < -0.4 is 10.6 Å². The Balaban J connectivity index is 2.19. The molecule has 1 aromatic heterocycles. The first kappa shape index (κ1) is 15.9. The van der Waals surface area contributed by atoms with Crippen molar-refractivity contribution < 1.29 is 19.1 Å². The fourth-order valence-corrected chi connectivity index (χ4v) is 2.18. The van der Waals surface area contributed by atoms with Crippen molar-refractivity contribution in [3.8, 4) is 0 Å². The Morgan fingerprint density at radius 2 is 2.05 bits per heavy atom. The topological polar surface area (TPSA) is 110 Å². The van der Waals surface area contributed by atoms with Crippen LogP contribution in [0.5, 0.6) is 0 Å². The predicted octanol–water partition coefficient (Wildman–Crippen LogP) is 0.633. The number of esters is 1. The molecule has 1 fully saturated rings. The number of hydrogen-bond acceptors (Lipinski definition) is 6. The molecule has 2 heterocycles. The van der Waals surface area contributed by atoms with Gasteiger partial charge in [-0.3, -0.25) is 24.9 Å². The Hall–Kier alpha value is -2.51. The van der Waals surface area contributed by atoms with Crippen molar-refractivity contribution in [2.24, 2.45) is 0 Å². The lowest BCUT2D eigenvalue weighted by molar-refractivity contribution is -0.155. The molecule has 0 radical (unpaired) electrons. The van der Waals surface area contributed by atoms with Crippen LogP contribution in [0.3, 0.4) is 0 Å². The highest BCUT2D eigenvalue weighted by molar-refractivity contribution is 6.07. The summed E-state index contributed by atoms with van der Waals surface area (Å²) in [6.45, 7) is 5.27. The lowest BCUT2D eigenvalue weighted by atomic mass is 9.90. The third-order valence-corrected chi connectivity index (χ3v) is 3.07. The molecule has 1 aliphatic heterocycles. The van der Waals surface area contributed by atoms with E-state index in [2.05, 4.69) is 20.6 Å². The molecule has 8 heteroatoms. The Morgan fingerprint density at radius 1 is 1.32 bits per heavy atom. The van der Waals surface area contributed by atoms with Gasteiger partial charge in [-0.2, -0.15) is 0 Å². The fourth-order valence-electron chi connectivity index (χ4n) is 2.18. The molecule has 1 aliphatic rings. The maximum absolute atomic E-state index is 12.2. The summed E-state index contributed by atoms with van der Waals surface area (Å²) in [4.78, 5) is 43.6. The lowest BCUT2D eigenvalue weighted by Crippen LogP contribution is -2.45. The van der Waals surface area contributed by atoms with Crippen LogP contribution >= 0.6 is 0 Å². The molecule has 1 saturated heterocycles. The second-order valence-corrected chi connectivity index (χ2v) is 5.99. The summed E-state index contributed by atoms with van der Waals surface area (Å²) in [5.74, 6) is -1.01. The highest BCUT2D eigenvalue weighted by Crippen LogP contribution is 2.28. The number of carbonyl (C=O) groups is 3. The minimum absolute atomic E-state index is 0.0399. The van der Waals surface area contributed by atoms with E-state index in [9.17, 15) is 14.4 Å². The molecule has 0 spiro atoms. The number of nitrogens with one attached hydrogen (secondary N) is 2. The average molecular weight is 306 g/mol. The van der Waals surface area contributed by atoms with Crippen molar-refractivity contribution in [3.05, 3.63) is 24.3 Å². The monoisotopic (exact) mass is 306 g/mol. The predicted molar refractivity (Wildman–Crippen MR) is 75.5 cm³/mol. The average Bonchev–Trinajstić information content (AvgIpc) is 2.71. The number of hydrogen-bond donors (Lipinski definition) is 2. The summed E-state index contributed by atoms with van der Waals surface area (Å²) in [5, 5.41) is 4.71. The molecular weight excluding hydrogens is 288 g/mol. The van der Waals surface area contributed by atoms with Gasteiger partial charge in [0.05, 0.1) is 11.9 Å². The quantitative estimate of drug-likeness (QED) is 0.623. The molecule has 0 aliphatic carbocycles. The summed E-state index contributed by atoms with van der Waals surface area (Å²) < 4.78 is 5.22. The van der Waals surface area contributed by atoms with Crippen LogP contribution in [-0.2, 0) is 19.9 Å². The molecule has 1 atom stereocenters. The highest BCUT2D eigenvalue weighted by Gasteiger charge is 2.49. The molecular formula is C14H18N4O4. The number of imide groups is 1. The SMILES string of the molecule is CC(C)(C)OC(=O)CCC1(c2cnccn2)NC(=O)NC1=O. The van der Waals surface area contributed by atoms with E-state index in [1.54, 1.807) is 20.8 Å². The van der Waals surface area contributed by atoms with Gasteiger partial charge in [-0.1, -0.05) is 0 Å². The smallest absolute Gasteiger partial charge is 0.322 e. The van der Waals surface area contributed by atoms with E-state index in [1.807, 2.05) is 0 Å². The molecule has 0 bridgehead atoms. The van der Waals surface area contributed by atoms with Gasteiger partial charge in [-0.25, -0.2) is 4.79 Å². The van der Waals surface area contributed by atoms with Crippen molar-refractivity contribution in [2.75, 3.05) is 0 Å². The Kier molecular flexibility index (Phi) is 4.11. The van der Waals surface area contributed by atoms with Crippen LogP contribution in [-0.4, -0.2) is 33.5 Å². The van der Waals surface area contributed by atoms with Gasteiger partial charge in [-0.05, 0) is 27.2 Å². The second-order valence-electron chi connectivity index (χ2n) is 5.99. The van der Waals surface area contributed by atoms with Crippen molar-refractivity contribution in [1.82, 2.24) is 20.6 Å². The summed E-state index contributed by atoms with van der Waals surface area (Å²) in [6.07, 6.45) is 4.27. The van der Waals surface area contributed by atoms with Gasteiger partial charge in [-0.15, -0.1) is 0 Å². The molecule has 2 N–H and O–H groups in total. The molecule has 3 amide bonds. The molecule has 2 rings (SSSR count). The summed E-state index contributed by atoms with van der Waals surface area (Å²) >= 11 is 0. The first-order valence-corrected chi connectivity index (χ1v) is 6.85. The van der Waals surface area contributed by atoms with Crippen LogP contribution in [0.1, 0.15) is 39.3 Å². The number of nitrogens with zero attached hydrogens (tertiary/aromatic N) is 2. The van der Waals surface area contributed by atoms with Gasteiger partial charge in [0.25, 0.3) is 5.91 Å². The summed E-state index contributed by atoms with van der Waals surface area (Å²) in [6, 6.07) is -0.625. The second kappa shape index (κ2) is 5.70. The van der Waals surface area contributed by atoms with Gasteiger partial charge < -0.3 is 10.1 Å². The molecule has 0 saturated carbocycles. The normalized spacial score (nSPS) is 21.2. The molecule has 118 valence electrons. The van der Waals surface area contributed by atoms with Gasteiger partial charge in [0.15, 0.2) is 5.54 Å². The van der Waals surface area contributed by atoms with Gasteiger partial charge in [0, 0.05) is 18.8 Å². The van der Waals surface area contributed by atoms with Crippen LogP contribution in [0.4, 0.5) is 4.79 Å². The third-order valence-electron chi connectivity index (χ3n) is 3.07. The van der Waals surface area contributed by atoms with Crippen molar-refractivity contribution in [2.45, 2.75) is 44.8 Å². The van der Waals surface area contributed by atoms with Crippen LogP contribution in [0.15, 0.2) is 18.6 Å². The van der Waals surface area contributed by atoms with E-state index >= 15 is 0 Å². The van der Waals surface area contributed by atoms with E-state index in [0.29, 0.717) is 0 Å². The largest absolute Gasteiger partial charge is 0.460 e. The van der Waals surface area contributed by atoms with Crippen LogP contribution in [0, 0.1) is 0 Å². The van der Waals surface area contributed by atoms with E-state index in [4.69, 9.17) is 4.74 Å². The number of aromatic nitrogens is 2. The fraction of sp³-hybridized carbons (Fsp3) is 0.500. The number of amides is 3.